The molecule has 0 spiro atoms. The number of aromatic nitrogens is 2. The monoisotopic (exact) mass is 455 g/mol. The van der Waals surface area contributed by atoms with Crippen LogP contribution in [-0.4, -0.2) is 42.3 Å². The number of furan rings is 1. The van der Waals surface area contributed by atoms with Crippen molar-refractivity contribution < 1.29 is 22.4 Å². The van der Waals surface area contributed by atoms with E-state index >= 15 is 0 Å². The SMILES string of the molecule is CCCn1c(COC(=O)c2oc3ccccc3c2C)nc2cc(S(=O)(=O)N(C)C)ccc21. The van der Waals surface area contributed by atoms with Gasteiger partial charge in [-0.05, 0) is 37.6 Å². The van der Waals surface area contributed by atoms with Crippen LogP contribution in [0.4, 0.5) is 0 Å². The highest BCUT2D eigenvalue weighted by Gasteiger charge is 2.22. The maximum atomic E-state index is 12.7. The molecule has 0 fully saturated rings. The number of carbonyl (C=O) groups excluding carboxylic acids is 1. The molecule has 2 aromatic heterocycles. The highest BCUT2D eigenvalue weighted by Crippen LogP contribution is 2.26. The van der Waals surface area contributed by atoms with Gasteiger partial charge < -0.3 is 13.7 Å². The lowest BCUT2D eigenvalue weighted by atomic mass is 10.1. The summed E-state index contributed by atoms with van der Waals surface area (Å²) in [6.45, 7) is 4.46. The van der Waals surface area contributed by atoms with Crippen molar-refractivity contribution in [1.82, 2.24) is 13.9 Å². The van der Waals surface area contributed by atoms with Crippen molar-refractivity contribution in [3.63, 3.8) is 0 Å². The van der Waals surface area contributed by atoms with Crippen molar-refractivity contribution in [2.75, 3.05) is 14.1 Å². The van der Waals surface area contributed by atoms with Gasteiger partial charge in [-0.3, -0.25) is 0 Å². The van der Waals surface area contributed by atoms with E-state index < -0.39 is 16.0 Å². The van der Waals surface area contributed by atoms with Crippen molar-refractivity contribution in [1.29, 1.82) is 0 Å². The van der Waals surface area contributed by atoms with Gasteiger partial charge in [-0.2, -0.15) is 0 Å². The number of hydrogen-bond acceptors (Lipinski definition) is 6. The number of benzene rings is 2. The van der Waals surface area contributed by atoms with Gasteiger partial charge in [-0.15, -0.1) is 0 Å². The van der Waals surface area contributed by atoms with E-state index in [1.54, 1.807) is 24.3 Å². The van der Waals surface area contributed by atoms with E-state index in [2.05, 4.69) is 4.98 Å². The van der Waals surface area contributed by atoms with Crippen LogP contribution < -0.4 is 0 Å². The Hall–Kier alpha value is -3.17. The average Bonchev–Trinajstić information content (AvgIpc) is 3.29. The van der Waals surface area contributed by atoms with E-state index in [1.165, 1.54) is 14.1 Å². The second kappa shape index (κ2) is 8.40. The molecule has 0 radical (unpaired) electrons. The molecule has 8 nitrogen and oxygen atoms in total. The van der Waals surface area contributed by atoms with E-state index in [4.69, 9.17) is 9.15 Å². The zero-order valence-corrected chi connectivity index (χ0v) is 19.3. The molecule has 0 amide bonds. The molecular weight excluding hydrogens is 430 g/mol. The van der Waals surface area contributed by atoms with Crippen LogP contribution in [0.1, 0.15) is 35.3 Å². The first-order valence-corrected chi connectivity index (χ1v) is 11.7. The van der Waals surface area contributed by atoms with Crippen molar-refractivity contribution in [2.24, 2.45) is 0 Å². The van der Waals surface area contributed by atoms with E-state index in [9.17, 15) is 13.2 Å². The topological polar surface area (TPSA) is 94.6 Å². The van der Waals surface area contributed by atoms with Crippen LogP contribution in [0.25, 0.3) is 22.0 Å². The molecule has 0 aliphatic heterocycles. The Balaban J connectivity index is 1.65. The predicted octanol–water partition coefficient (Wildman–Crippen LogP) is 4.11. The van der Waals surface area contributed by atoms with Crippen molar-refractivity contribution >= 4 is 38.0 Å². The van der Waals surface area contributed by atoms with Crippen LogP contribution in [0.2, 0.25) is 0 Å². The fourth-order valence-corrected chi connectivity index (χ4v) is 4.60. The Morgan fingerprint density at radius 1 is 1.19 bits per heavy atom. The summed E-state index contributed by atoms with van der Waals surface area (Å²) in [6.07, 6.45) is 0.840. The van der Waals surface area contributed by atoms with Gasteiger partial charge >= 0.3 is 5.97 Å². The Labute approximate surface area is 186 Å². The molecule has 0 saturated heterocycles. The number of carbonyl (C=O) groups is 1. The highest BCUT2D eigenvalue weighted by molar-refractivity contribution is 7.89. The number of aryl methyl sites for hydroxylation is 2. The third-order valence-electron chi connectivity index (χ3n) is 5.39. The van der Waals surface area contributed by atoms with Crippen molar-refractivity contribution in [2.45, 2.75) is 38.3 Å². The van der Waals surface area contributed by atoms with E-state index in [0.29, 0.717) is 23.5 Å². The summed E-state index contributed by atoms with van der Waals surface area (Å²) in [7, 11) is -0.605. The molecular formula is C23H25N3O5S. The van der Waals surface area contributed by atoms with Gasteiger partial charge in [0.2, 0.25) is 15.8 Å². The number of esters is 1. The second-order valence-electron chi connectivity index (χ2n) is 7.75. The molecule has 0 aliphatic carbocycles. The molecule has 0 aliphatic rings. The average molecular weight is 456 g/mol. The summed E-state index contributed by atoms with van der Waals surface area (Å²) in [4.78, 5) is 17.4. The summed E-state index contributed by atoms with van der Waals surface area (Å²) >= 11 is 0. The maximum Gasteiger partial charge on any atom is 0.375 e. The summed E-state index contributed by atoms with van der Waals surface area (Å²) in [5.41, 5.74) is 2.68. The van der Waals surface area contributed by atoms with Crippen LogP contribution >= 0.6 is 0 Å². The van der Waals surface area contributed by atoms with Gasteiger partial charge in [0.1, 0.15) is 18.0 Å². The first-order chi connectivity index (χ1) is 15.2. The first-order valence-electron chi connectivity index (χ1n) is 10.3. The molecule has 4 rings (SSSR count). The predicted molar refractivity (Wildman–Crippen MR) is 121 cm³/mol. The van der Waals surface area contributed by atoms with Crippen LogP contribution in [0, 0.1) is 6.92 Å². The van der Waals surface area contributed by atoms with E-state index in [0.717, 1.165) is 27.2 Å². The fourth-order valence-electron chi connectivity index (χ4n) is 3.68. The number of fused-ring (bicyclic) bond motifs is 2. The van der Waals surface area contributed by atoms with Crippen LogP contribution in [0.3, 0.4) is 0 Å². The number of hydrogen-bond donors (Lipinski definition) is 0. The largest absolute Gasteiger partial charge is 0.452 e. The minimum atomic E-state index is -3.58. The Morgan fingerprint density at radius 3 is 2.62 bits per heavy atom. The lowest BCUT2D eigenvalue weighted by molar-refractivity contribution is 0.0423. The molecule has 0 unspecified atom stereocenters. The van der Waals surface area contributed by atoms with Gasteiger partial charge in [0, 0.05) is 31.6 Å². The van der Waals surface area contributed by atoms with E-state index in [-0.39, 0.29) is 17.3 Å². The number of rotatable bonds is 7. The molecule has 4 aromatic rings. The minimum absolute atomic E-state index is 0.0558. The zero-order chi connectivity index (χ0) is 23.0. The van der Waals surface area contributed by atoms with Gasteiger partial charge in [0.15, 0.2) is 0 Å². The van der Waals surface area contributed by atoms with Gasteiger partial charge in [-0.1, -0.05) is 25.1 Å². The highest BCUT2D eigenvalue weighted by atomic mass is 32.2. The number of sulfonamides is 1. The molecule has 0 N–H and O–H groups in total. The lowest BCUT2D eigenvalue weighted by Crippen LogP contribution is -2.22. The lowest BCUT2D eigenvalue weighted by Gasteiger charge is -2.11. The summed E-state index contributed by atoms with van der Waals surface area (Å²) in [6, 6.07) is 12.3. The number of nitrogens with zero attached hydrogens (tertiary/aromatic N) is 3. The first kappa shape index (κ1) is 22.0. The van der Waals surface area contributed by atoms with Gasteiger partial charge in [-0.25, -0.2) is 22.5 Å². The van der Waals surface area contributed by atoms with Crippen LogP contribution in [0.15, 0.2) is 51.8 Å². The summed E-state index contributed by atoms with van der Waals surface area (Å²) < 4.78 is 39.3. The van der Waals surface area contributed by atoms with Crippen molar-refractivity contribution in [3.8, 4) is 0 Å². The van der Waals surface area contributed by atoms with Crippen LogP contribution in [0.5, 0.6) is 0 Å². The third kappa shape index (κ3) is 3.78. The number of imidazole rings is 1. The van der Waals surface area contributed by atoms with Gasteiger partial charge in [0.25, 0.3) is 0 Å². The molecule has 0 bridgehead atoms. The maximum absolute atomic E-state index is 12.7. The quantitative estimate of drug-likeness (QED) is 0.389. The minimum Gasteiger partial charge on any atom is -0.452 e. The molecule has 168 valence electrons. The number of para-hydroxylation sites is 1. The molecule has 32 heavy (non-hydrogen) atoms. The molecule has 2 heterocycles. The van der Waals surface area contributed by atoms with E-state index in [1.807, 2.05) is 36.6 Å². The fraction of sp³-hybridized carbons (Fsp3) is 0.304. The Kier molecular flexibility index (Phi) is 5.79. The summed E-state index contributed by atoms with van der Waals surface area (Å²) in [5, 5.41) is 0.868. The smallest absolute Gasteiger partial charge is 0.375 e. The zero-order valence-electron chi connectivity index (χ0n) is 18.5. The van der Waals surface area contributed by atoms with Crippen LogP contribution in [-0.2, 0) is 27.9 Å². The number of ether oxygens (including phenoxy) is 1. The molecule has 9 heteroatoms. The Bertz CT molecular complexity index is 1420. The molecule has 0 atom stereocenters. The molecule has 2 aromatic carbocycles. The van der Waals surface area contributed by atoms with Gasteiger partial charge in [0.05, 0.1) is 15.9 Å². The van der Waals surface area contributed by atoms with Crippen molar-refractivity contribution in [3.05, 3.63) is 59.6 Å². The normalized spacial score (nSPS) is 12.2. The standard InChI is InChI=1S/C23H25N3O5S/c1-5-12-26-19-11-10-16(32(28,29)25(3)4)13-18(19)24-21(26)14-30-23(27)22-15(2)17-8-6-7-9-20(17)31-22/h6-11,13H,5,12,14H2,1-4H3. The summed E-state index contributed by atoms with van der Waals surface area (Å²) in [5.74, 6) is 0.150. The second-order valence-corrected chi connectivity index (χ2v) is 9.90. The Morgan fingerprint density at radius 2 is 1.94 bits per heavy atom. The third-order valence-corrected chi connectivity index (χ3v) is 7.20. The molecule has 0 saturated carbocycles.